The Morgan fingerprint density at radius 3 is 2.56 bits per heavy atom. The number of hydrogen-bond acceptors (Lipinski definition) is 6. The molecular weight excluding hydrogens is 348 g/mol. The van der Waals surface area contributed by atoms with Gasteiger partial charge in [0.25, 0.3) is 0 Å². The van der Waals surface area contributed by atoms with E-state index in [1.807, 2.05) is 13.8 Å². The Hall–Kier alpha value is -1.66. The van der Waals surface area contributed by atoms with E-state index in [2.05, 4.69) is 0 Å². The van der Waals surface area contributed by atoms with Gasteiger partial charge in [-0.1, -0.05) is 13.8 Å². The normalized spacial score (nSPS) is 41.6. The van der Waals surface area contributed by atoms with Gasteiger partial charge in [-0.3, -0.25) is 9.59 Å². The number of carbonyl (C=O) groups excluding carboxylic acids is 2. The summed E-state index contributed by atoms with van der Waals surface area (Å²) in [6.07, 6.45) is 4.42. The molecule has 6 nitrogen and oxygen atoms in total. The minimum absolute atomic E-state index is 0.0878. The fourth-order valence-corrected chi connectivity index (χ4v) is 5.81. The van der Waals surface area contributed by atoms with Gasteiger partial charge in [-0.15, -0.1) is 0 Å². The number of rotatable bonds is 4. The largest absolute Gasteiger partial charge is 0.472 e. The van der Waals surface area contributed by atoms with Crippen LogP contribution in [0.3, 0.4) is 0 Å². The minimum Gasteiger partial charge on any atom is -0.472 e. The van der Waals surface area contributed by atoms with E-state index in [0.717, 1.165) is 0 Å². The maximum atomic E-state index is 12.9. The van der Waals surface area contributed by atoms with Crippen LogP contribution >= 0.6 is 0 Å². The molecule has 3 rings (SSSR count). The molecule has 0 saturated heterocycles. The van der Waals surface area contributed by atoms with Crippen molar-refractivity contribution in [1.82, 2.24) is 0 Å². The number of aliphatic hydroxyl groups is 2. The van der Waals surface area contributed by atoms with Gasteiger partial charge in [0.05, 0.1) is 36.6 Å². The first-order valence-electron chi connectivity index (χ1n) is 9.61. The van der Waals surface area contributed by atoms with E-state index in [9.17, 15) is 19.8 Å². The van der Waals surface area contributed by atoms with E-state index in [0.29, 0.717) is 31.2 Å². The Bertz CT molecular complexity index is 708. The van der Waals surface area contributed by atoms with Crippen molar-refractivity contribution in [2.75, 3.05) is 7.11 Å². The molecule has 0 radical (unpaired) electrons. The van der Waals surface area contributed by atoms with E-state index in [-0.39, 0.29) is 24.1 Å². The zero-order valence-corrected chi connectivity index (χ0v) is 16.5. The van der Waals surface area contributed by atoms with Crippen molar-refractivity contribution in [1.29, 1.82) is 0 Å². The molecule has 0 aromatic carbocycles. The maximum Gasteiger partial charge on any atom is 0.309 e. The van der Waals surface area contributed by atoms with Crippen molar-refractivity contribution in [3.63, 3.8) is 0 Å². The molecule has 0 aliphatic heterocycles. The lowest BCUT2D eigenvalue weighted by atomic mass is 9.43. The van der Waals surface area contributed by atoms with Gasteiger partial charge in [0.2, 0.25) is 0 Å². The lowest BCUT2D eigenvalue weighted by Crippen LogP contribution is -2.66. The van der Waals surface area contributed by atoms with E-state index < -0.39 is 28.5 Å². The number of ether oxygens (including phenoxy) is 1. The highest BCUT2D eigenvalue weighted by molar-refractivity contribution is 5.96. The summed E-state index contributed by atoms with van der Waals surface area (Å²) in [4.78, 5) is 25.5. The van der Waals surface area contributed by atoms with Crippen molar-refractivity contribution in [2.24, 2.45) is 22.7 Å². The Morgan fingerprint density at radius 2 is 1.96 bits per heavy atom. The molecule has 2 fully saturated rings. The van der Waals surface area contributed by atoms with Gasteiger partial charge in [-0.05, 0) is 50.0 Å². The van der Waals surface area contributed by atoms with Crippen LogP contribution in [0.4, 0.5) is 0 Å². The van der Waals surface area contributed by atoms with E-state index >= 15 is 0 Å². The van der Waals surface area contributed by atoms with Crippen LogP contribution in [0.5, 0.6) is 0 Å². The van der Waals surface area contributed by atoms with Crippen molar-refractivity contribution in [3.8, 4) is 0 Å². The predicted octanol–water partition coefficient (Wildman–Crippen LogP) is 2.97. The number of esters is 1. The number of aliphatic hydroxyl groups excluding tert-OH is 1. The monoisotopic (exact) mass is 378 g/mol. The first-order valence-corrected chi connectivity index (χ1v) is 9.61. The van der Waals surface area contributed by atoms with E-state index in [1.165, 1.54) is 19.6 Å². The van der Waals surface area contributed by atoms with Gasteiger partial charge in [-0.25, -0.2) is 0 Å². The molecule has 6 heteroatoms. The average Bonchev–Trinajstić information content (AvgIpc) is 3.14. The van der Waals surface area contributed by atoms with Gasteiger partial charge in [0, 0.05) is 11.8 Å². The number of furan rings is 1. The van der Waals surface area contributed by atoms with Gasteiger partial charge in [0.1, 0.15) is 6.26 Å². The maximum absolute atomic E-state index is 12.9. The molecule has 150 valence electrons. The topological polar surface area (TPSA) is 97.0 Å². The highest BCUT2D eigenvalue weighted by Gasteiger charge is 2.65. The second-order valence-corrected chi connectivity index (χ2v) is 8.94. The molecule has 2 N–H and O–H groups in total. The molecule has 1 aromatic heterocycles. The van der Waals surface area contributed by atoms with Crippen LogP contribution in [0.2, 0.25) is 0 Å². The van der Waals surface area contributed by atoms with Crippen LogP contribution in [0.15, 0.2) is 23.0 Å². The fraction of sp³-hybridized carbons (Fsp3) is 0.714. The first-order chi connectivity index (χ1) is 12.6. The van der Waals surface area contributed by atoms with Gasteiger partial charge < -0.3 is 19.4 Å². The van der Waals surface area contributed by atoms with Gasteiger partial charge in [0.15, 0.2) is 5.78 Å². The number of ketones is 1. The zero-order chi connectivity index (χ0) is 20.0. The van der Waals surface area contributed by atoms with Crippen LogP contribution in [-0.2, 0) is 9.53 Å². The molecule has 1 heterocycles. The smallest absolute Gasteiger partial charge is 0.309 e. The third kappa shape index (κ3) is 2.93. The number of Topliss-reactive ketones (excluding diaryl/α,β-unsaturated/α-hetero) is 1. The predicted molar refractivity (Wildman–Crippen MR) is 98.0 cm³/mol. The molecule has 0 spiro atoms. The summed E-state index contributed by atoms with van der Waals surface area (Å²) in [5.41, 5.74) is -2.08. The standard InChI is InChI=1S/C21H30O6/c1-19(11-15(22)13-8-10-27-12-13)14(18(24)26-4)7-9-20(2)16(19)5-6-17(23)21(20,3)25/h8,10,12,14,16-17,23,25H,5-7,9,11H2,1-4H3. The lowest BCUT2D eigenvalue weighted by Gasteiger charge is -2.63. The molecular formula is C21H30O6. The molecule has 2 aliphatic carbocycles. The molecule has 2 aliphatic rings. The number of carbonyl (C=O) groups is 2. The van der Waals surface area contributed by atoms with Crippen LogP contribution in [0.25, 0.3) is 0 Å². The Labute approximate surface area is 159 Å². The highest BCUT2D eigenvalue weighted by atomic mass is 16.5. The summed E-state index contributed by atoms with van der Waals surface area (Å²) in [5, 5.41) is 21.6. The quantitative estimate of drug-likeness (QED) is 0.618. The Morgan fingerprint density at radius 1 is 1.26 bits per heavy atom. The molecule has 27 heavy (non-hydrogen) atoms. The first kappa shape index (κ1) is 20.1. The van der Waals surface area contributed by atoms with Crippen molar-refractivity contribution < 1.29 is 29.0 Å². The summed E-state index contributed by atoms with van der Waals surface area (Å²) in [5.74, 6) is -0.931. The summed E-state index contributed by atoms with van der Waals surface area (Å²) in [6, 6.07) is 1.63. The molecule has 0 bridgehead atoms. The Balaban J connectivity index is 2.03. The Kier molecular flexibility index (Phi) is 5.02. The van der Waals surface area contributed by atoms with Crippen LogP contribution in [-0.4, -0.2) is 40.8 Å². The summed E-state index contributed by atoms with van der Waals surface area (Å²) >= 11 is 0. The second kappa shape index (κ2) is 6.74. The van der Waals surface area contributed by atoms with Gasteiger partial charge >= 0.3 is 5.97 Å². The summed E-state index contributed by atoms with van der Waals surface area (Å²) < 4.78 is 10.1. The zero-order valence-electron chi connectivity index (χ0n) is 16.5. The average molecular weight is 378 g/mol. The number of fused-ring (bicyclic) bond motifs is 1. The van der Waals surface area contributed by atoms with E-state index in [4.69, 9.17) is 9.15 Å². The fourth-order valence-electron chi connectivity index (χ4n) is 5.81. The molecule has 1 aromatic rings. The van der Waals surface area contributed by atoms with Gasteiger partial charge in [-0.2, -0.15) is 0 Å². The van der Waals surface area contributed by atoms with Crippen molar-refractivity contribution >= 4 is 11.8 Å². The molecule has 6 unspecified atom stereocenters. The summed E-state index contributed by atoms with van der Waals surface area (Å²) in [6.45, 7) is 5.62. The van der Waals surface area contributed by atoms with Crippen molar-refractivity contribution in [3.05, 3.63) is 24.2 Å². The van der Waals surface area contributed by atoms with Crippen LogP contribution < -0.4 is 0 Å². The third-order valence-corrected chi connectivity index (χ3v) is 7.72. The summed E-state index contributed by atoms with van der Waals surface area (Å²) in [7, 11) is 1.37. The third-order valence-electron chi connectivity index (χ3n) is 7.72. The molecule has 6 atom stereocenters. The second-order valence-electron chi connectivity index (χ2n) is 8.94. The molecule has 0 amide bonds. The number of hydrogen-bond donors (Lipinski definition) is 2. The van der Waals surface area contributed by atoms with Crippen molar-refractivity contribution in [2.45, 2.75) is 64.6 Å². The lowest BCUT2D eigenvalue weighted by molar-refractivity contribution is -0.236. The van der Waals surface area contributed by atoms with Crippen LogP contribution in [0, 0.1) is 22.7 Å². The number of methoxy groups -OCH3 is 1. The highest BCUT2D eigenvalue weighted by Crippen LogP contribution is 2.64. The minimum atomic E-state index is -1.28. The SMILES string of the molecule is COC(=O)C1CCC2(C)C(CCC(O)C2(C)O)C1(C)CC(=O)c1ccoc1. The van der Waals surface area contributed by atoms with Crippen LogP contribution in [0.1, 0.15) is 63.2 Å². The van der Waals surface area contributed by atoms with E-state index in [1.54, 1.807) is 13.0 Å². The molecule has 2 saturated carbocycles.